The third-order valence-corrected chi connectivity index (χ3v) is 4.91. The van der Waals surface area contributed by atoms with Crippen molar-refractivity contribution in [3.63, 3.8) is 0 Å². The number of carbonyl (C=O) groups is 1. The van der Waals surface area contributed by atoms with Crippen LogP contribution >= 0.6 is 0 Å². The van der Waals surface area contributed by atoms with Gasteiger partial charge in [-0.3, -0.25) is 0 Å². The number of hydrogen-bond acceptors (Lipinski definition) is 5. The second-order valence-corrected chi connectivity index (χ2v) is 7.50. The molecule has 174 valence electrons. The van der Waals surface area contributed by atoms with Gasteiger partial charge in [-0.2, -0.15) is 5.26 Å². The van der Waals surface area contributed by atoms with Crippen LogP contribution < -0.4 is 0 Å². The highest BCUT2D eigenvalue weighted by Gasteiger charge is 2.44. The van der Waals surface area contributed by atoms with E-state index in [9.17, 15) is 18.0 Å². The van der Waals surface area contributed by atoms with Crippen LogP contribution in [-0.2, 0) is 20.9 Å². The minimum Gasteiger partial charge on any atom is -0.488 e. The first-order valence-corrected chi connectivity index (χ1v) is 9.98. The van der Waals surface area contributed by atoms with Gasteiger partial charge in [0.15, 0.2) is 0 Å². The summed E-state index contributed by atoms with van der Waals surface area (Å²) in [6.45, 7) is 10.2. The summed E-state index contributed by atoms with van der Waals surface area (Å²) in [5.74, 6) is -3.70. The number of methoxy groups -OCH3 is 1. The van der Waals surface area contributed by atoms with Crippen molar-refractivity contribution in [2.75, 3.05) is 20.2 Å². The molecule has 1 aromatic rings. The lowest BCUT2D eigenvalue weighted by Crippen LogP contribution is -2.54. The molecule has 0 aliphatic carbocycles. The van der Waals surface area contributed by atoms with E-state index in [0.29, 0.717) is 28.0 Å². The molecule has 0 radical (unpaired) electrons. The van der Waals surface area contributed by atoms with Gasteiger partial charge in [-0.25, -0.2) is 18.0 Å². The van der Waals surface area contributed by atoms with Gasteiger partial charge in [0.05, 0.1) is 37.4 Å². The van der Waals surface area contributed by atoms with Crippen molar-refractivity contribution in [1.82, 2.24) is 4.90 Å². The van der Waals surface area contributed by atoms with E-state index in [-0.39, 0.29) is 17.9 Å². The Kier molecular flexibility index (Phi) is 8.30. The van der Waals surface area contributed by atoms with Crippen molar-refractivity contribution in [1.29, 1.82) is 5.26 Å². The predicted octanol–water partition coefficient (Wildman–Crippen LogP) is 5.18. The molecule has 5 nitrogen and oxygen atoms in total. The average Bonchev–Trinajstić information content (AvgIpc) is 2.76. The quantitative estimate of drug-likeness (QED) is 0.221. The first-order valence-electron chi connectivity index (χ1n) is 9.98. The normalized spacial score (nSPS) is 15.9. The number of benzene rings is 1. The molecule has 0 atom stereocenters. The van der Waals surface area contributed by atoms with E-state index in [0.717, 1.165) is 6.07 Å². The third-order valence-electron chi connectivity index (χ3n) is 4.91. The fraction of sp³-hybridized carbons (Fsp3) is 0.280. The lowest BCUT2D eigenvalue weighted by Gasteiger charge is -2.40. The molecule has 8 heteroatoms. The van der Waals surface area contributed by atoms with Crippen molar-refractivity contribution in [3.8, 4) is 6.07 Å². The number of carbonyl (C=O) groups excluding carboxylic acids is 1. The molecular weight excluding hydrogens is 433 g/mol. The number of ether oxygens (including phenoxy) is 2. The van der Waals surface area contributed by atoms with Crippen LogP contribution in [0.5, 0.6) is 0 Å². The maximum Gasteiger partial charge on any atom is 0.337 e. The summed E-state index contributed by atoms with van der Waals surface area (Å²) in [5, 5.41) is 9.04. The molecular formula is C25H25F3N2O3. The number of hydrogen-bond donors (Lipinski definition) is 0. The van der Waals surface area contributed by atoms with Gasteiger partial charge < -0.3 is 14.4 Å². The van der Waals surface area contributed by atoms with E-state index < -0.39 is 30.8 Å². The Bertz CT molecular complexity index is 1090. The second kappa shape index (κ2) is 10.7. The van der Waals surface area contributed by atoms with E-state index in [1.165, 1.54) is 30.2 Å². The van der Waals surface area contributed by atoms with Crippen LogP contribution in [0.3, 0.4) is 0 Å². The summed E-state index contributed by atoms with van der Waals surface area (Å²) in [7, 11) is 1.26. The van der Waals surface area contributed by atoms with Crippen LogP contribution in [0.1, 0.15) is 25.0 Å². The van der Waals surface area contributed by atoms with Gasteiger partial charge in [-0.1, -0.05) is 19.2 Å². The number of likely N-dealkylation sites (tertiary alicyclic amines) is 1. The van der Waals surface area contributed by atoms with Gasteiger partial charge in [0.2, 0.25) is 0 Å². The van der Waals surface area contributed by atoms with Gasteiger partial charge in [0, 0.05) is 17.3 Å². The summed E-state index contributed by atoms with van der Waals surface area (Å²) in [6, 6.07) is 5.68. The maximum atomic E-state index is 13.8. The SMILES string of the molecule is C=C(/C(C)=C/C(=C\C)C(=O)OC)/C(=C\C(=C)N1CC(F)(F)C1)OCc1cc(F)cc(C#N)c1. The van der Waals surface area contributed by atoms with Crippen LogP contribution in [0.2, 0.25) is 0 Å². The molecule has 0 N–H and O–H groups in total. The van der Waals surface area contributed by atoms with Crippen LogP contribution in [0.4, 0.5) is 13.2 Å². The fourth-order valence-corrected chi connectivity index (χ4v) is 3.03. The lowest BCUT2D eigenvalue weighted by molar-refractivity contribution is -0.135. The largest absolute Gasteiger partial charge is 0.488 e. The molecule has 0 unspecified atom stereocenters. The van der Waals surface area contributed by atoms with Crippen molar-refractivity contribution in [3.05, 3.63) is 94.7 Å². The molecule has 1 heterocycles. The Labute approximate surface area is 191 Å². The molecule has 2 rings (SSSR count). The highest BCUT2D eigenvalue weighted by molar-refractivity contribution is 5.91. The van der Waals surface area contributed by atoms with Crippen LogP contribution in [0, 0.1) is 17.1 Å². The standard InChI is InChI=1S/C25H25F3N2O3/c1-6-21(24(31)32-5)7-16(2)18(4)23(8-17(3)30-14-25(27,28)15-30)33-13-20-9-19(12-29)10-22(26)11-20/h6-11H,3-4,13-15H2,1-2,5H3/b16-7+,21-6+,23-8+. The van der Waals surface area contributed by atoms with Crippen molar-refractivity contribution < 1.29 is 27.4 Å². The summed E-state index contributed by atoms with van der Waals surface area (Å²) < 4.78 is 50.9. The zero-order chi connectivity index (χ0) is 24.8. The van der Waals surface area contributed by atoms with Crippen molar-refractivity contribution in [2.45, 2.75) is 26.4 Å². The zero-order valence-electron chi connectivity index (χ0n) is 18.8. The Morgan fingerprint density at radius 3 is 2.48 bits per heavy atom. The van der Waals surface area contributed by atoms with Gasteiger partial charge in [0.25, 0.3) is 5.92 Å². The van der Waals surface area contributed by atoms with Gasteiger partial charge in [0.1, 0.15) is 18.2 Å². The van der Waals surface area contributed by atoms with E-state index >= 15 is 0 Å². The Hall–Kier alpha value is -3.73. The minimum absolute atomic E-state index is 0.110. The Morgan fingerprint density at radius 2 is 1.94 bits per heavy atom. The van der Waals surface area contributed by atoms with Crippen LogP contribution in [-0.4, -0.2) is 37.0 Å². The smallest absolute Gasteiger partial charge is 0.337 e. The number of alkyl halides is 2. The first kappa shape index (κ1) is 25.5. The highest BCUT2D eigenvalue weighted by Crippen LogP contribution is 2.31. The summed E-state index contributed by atoms with van der Waals surface area (Å²) in [4.78, 5) is 13.3. The number of nitriles is 1. The van der Waals surface area contributed by atoms with Gasteiger partial charge in [-0.05, 0) is 49.3 Å². The number of halogens is 3. The van der Waals surface area contributed by atoms with E-state index in [4.69, 9.17) is 14.7 Å². The number of rotatable bonds is 9. The minimum atomic E-state index is -2.78. The number of esters is 1. The highest BCUT2D eigenvalue weighted by atomic mass is 19.3. The summed E-state index contributed by atoms with van der Waals surface area (Å²) in [6.07, 6.45) is 4.60. The maximum absolute atomic E-state index is 13.8. The number of nitrogens with zero attached hydrogens (tertiary/aromatic N) is 2. The van der Waals surface area contributed by atoms with Crippen LogP contribution in [0.25, 0.3) is 0 Å². The molecule has 0 spiro atoms. The molecule has 1 aliphatic rings. The molecule has 0 amide bonds. The van der Waals surface area contributed by atoms with Gasteiger partial charge >= 0.3 is 5.97 Å². The third kappa shape index (κ3) is 6.88. The Balaban J connectivity index is 2.32. The van der Waals surface area contributed by atoms with Crippen molar-refractivity contribution >= 4 is 5.97 Å². The van der Waals surface area contributed by atoms with E-state index in [1.807, 2.05) is 6.07 Å². The monoisotopic (exact) mass is 458 g/mol. The van der Waals surface area contributed by atoms with Crippen molar-refractivity contribution in [2.24, 2.45) is 0 Å². The first-order chi connectivity index (χ1) is 15.5. The molecule has 0 saturated carbocycles. The lowest BCUT2D eigenvalue weighted by atomic mass is 10.0. The molecule has 0 bridgehead atoms. The second-order valence-electron chi connectivity index (χ2n) is 7.50. The van der Waals surface area contributed by atoms with E-state index in [1.54, 1.807) is 26.0 Å². The molecule has 1 fully saturated rings. The molecule has 1 aliphatic heterocycles. The number of allylic oxidation sites excluding steroid dienone is 3. The fourth-order valence-electron chi connectivity index (χ4n) is 3.03. The summed E-state index contributed by atoms with van der Waals surface area (Å²) >= 11 is 0. The molecule has 0 aromatic heterocycles. The van der Waals surface area contributed by atoms with E-state index in [2.05, 4.69) is 13.2 Å². The average molecular weight is 458 g/mol. The topological polar surface area (TPSA) is 62.6 Å². The zero-order valence-corrected chi connectivity index (χ0v) is 18.8. The molecule has 1 saturated heterocycles. The Morgan fingerprint density at radius 1 is 1.27 bits per heavy atom. The predicted molar refractivity (Wildman–Crippen MR) is 118 cm³/mol. The van der Waals surface area contributed by atoms with Gasteiger partial charge in [-0.15, -0.1) is 0 Å². The van der Waals surface area contributed by atoms with Crippen LogP contribution in [0.15, 0.2) is 77.8 Å². The molecule has 1 aromatic carbocycles. The molecule has 33 heavy (non-hydrogen) atoms. The summed E-state index contributed by atoms with van der Waals surface area (Å²) in [5.41, 5.74) is 2.04.